The first-order valence-electron chi connectivity index (χ1n) is 10.2. The SMILES string of the molecule is O=C(NC1c2ccccc2C[C@H]1O)c1nn(CC2CCOCC2)c2ncccc12. The summed E-state index contributed by atoms with van der Waals surface area (Å²) in [5.41, 5.74) is 3.12. The summed E-state index contributed by atoms with van der Waals surface area (Å²) in [6.45, 7) is 2.26. The van der Waals surface area contributed by atoms with E-state index < -0.39 is 12.1 Å². The third-order valence-electron chi connectivity index (χ3n) is 5.98. The summed E-state index contributed by atoms with van der Waals surface area (Å²) in [6.07, 6.45) is 3.61. The van der Waals surface area contributed by atoms with E-state index in [0.29, 0.717) is 18.0 Å². The number of pyridine rings is 1. The van der Waals surface area contributed by atoms with Crippen molar-refractivity contribution in [1.82, 2.24) is 20.1 Å². The van der Waals surface area contributed by atoms with E-state index >= 15 is 0 Å². The van der Waals surface area contributed by atoms with Crippen LogP contribution in [0.4, 0.5) is 0 Å². The van der Waals surface area contributed by atoms with E-state index in [0.717, 1.165) is 54.8 Å². The highest BCUT2D eigenvalue weighted by molar-refractivity contribution is 6.04. The number of fused-ring (bicyclic) bond motifs is 2. The molecule has 29 heavy (non-hydrogen) atoms. The number of carbonyl (C=O) groups excluding carboxylic acids is 1. The monoisotopic (exact) mass is 392 g/mol. The van der Waals surface area contributed by atoms with Crippen LogP contribution < -0.4 is 5.32 Å². The largest absolute Gasteiger partial charge is 0.390 e. The minimum Gasteiger partial charge on any atom is -0.390 e. The van der Waals surface area contributed by atoms with Crippen molar-refractivity contribution in [3.05, 3.63) is 59.4 Å². The predicted octanol–water partition coefficient (Wildman–Crippen LogP) is 2.25. The summed E-state index contributed by atoms with van der Waals surface area (Å²) >= 11 is 0. The van der Waals surface area contributed by atoms with Gasteiger partial charge in [0.25, 0.3) is 5.91 Å². The molecule has 0 spiro atoms. The average Bonchev–Trinajstić information content (AvgIpc) is 3.27. The maximum Gasteiger partial charge on any atom is 0.273 e. The van der Waals surface area contributed by atoms with Crippen LogP contribution in [0.5, 0.6) is 0 Å². The van der Waals surface area contributed by atoms with Gasteiger partial charge in [-0.25, -0.2) is 9.67 Å². The second kappa shape index (κ2) is 7.57. The molecule has 0 radical (unpaired) electrons. The predicted molar refractivity (Wildman–Crippen MR) is 107 cm³/mol. The Bertz CT molecular complexity index is 1040. The Hall–Kier alpha value is -2.77. The zero-order chi connectivity index (χ0) is 19.8. The summed E-state index contributed by atoms with van der Waals surface area (Å²) in [5, 5.41) is 18.8. The van der Waals surface area contributed by atoms with E-state index in [1.807, 2.05) is 41.1 Å². The fourth-order valence-electron chi connectivity index (χ4n) is 4.44. The van der Waals surface area contributed by atoms with E-state index in [1.165, 1.54) is 0 Å². The first-order valence-corrected chi connectivity index (χ1v) is 10.2. The van der Waals surface area contributed by atoms with E-state index in [4.69, 9.17) is 4.74 Å². The van der Waals surface area contributed by atoms with Crippen LogP contribution in [0.1, 0.15) is 40.5 Å². The zero-order valence-electron chi connectivity index (χ0n) is 16.1. The number of carbonyl (C=O) groups is 1. The normalized spacial score (nSPS) is 22.0. The highest BCUT2D eigenvalue weighted by Gasteiger charge is 2.33. The van der Waals surface area contributed by atoms with Crippen molar-refractivity contribution < 1.29 is 14.6 Å². The molecule has 2 aliphatic rings. The number of rotatable bonds is 4. The number of aromatic nitrogens is 3. The van der Waals surface area contributed by atoms with Crippen LogP contribution in [0.15, 0.2) is 42.6 Å². The van der Waals surface area contributed by atoms with Crippen molar-refractivity contribution in [3.63, 3.8) is 0 Å². The Kier molecular flexibility index (Phi) is 4.77. The van der Waals surface area contributed by atoms with Gasteiger partial charge in [-0.1, -0.05) is 24.3 Å². The molecule has 5 rings (SSSR count). The van der Waals surface area contributed by atoms with Gasteiger partial charge < -0.3 is 15.2 Å². The van der Waals surface area contributed by atoms with Crippen molar-refractivity contribution in [2.24, 2.45) is 5.92 Å². The summed E-state index contributed by atoms with van der Waals surface area (Å²) < 4.78 is 7.29. The molecule has 0 saturated carbocycles. The van der Waals surface area contributed by atoms with E-state index in [1.54, 1.807) is 6.20 Å². The average molecular weight is 392 g/mol. The van der Waals surface area contributed by atoms with E-state index in [9.17, 15) is 9.90 Å². The molecule has 7 heteroatoms. The molecule has 2 aromatic heterocycles. The maximum absolute atomic E-state index is 13.1. The molecule has 1 aliphatic heterocycles. The molecule has 150 valence electrons. The van der Waals surface area contributed by atoms with Crippen molar-refractivity contribution in [3.8, 4) is 0 Å². The van der Waals surface area contributed by atoms with Crippen molar-refractivity contribution in [2.75, 3.05) is 13.2 Å². The number of hydrogen-bond donors (Lipinski definition) is 2. The number of aliphatic hydroxyl groups excluding tert-OH is 1. The van der Waals surface area contributed by atoms with Gasteiger partial charge in [-0.15, -0.1) is 0 Å². The van der Waals surface area contributed by atoms with Gasteiger partial charge in [0.2, 0.25) is 0 Å². The lowest BCUT2D eigenvalue weighted by atomic mass is 10.0. The number of amides is 1. The zero-order valence-corrected chi connectivity index (χ0v) is 16.1. The van der Waals surface area contributed by atoms with Gasteiger partial charge in [0.05, 0.1) is 17.5 Å². The van der Waals surface area contributed by atoms with Crippen LogP contribution in [0.2, 0.25) is 0 Å². The second-order valence-corrected chi connectivity index (χ2v) is 7.88. The number of aliphatic hydroxyl groups is 1. The van der Waals surface area contributed by atoms with Gasteiger partial charge in [-0.3, -0.25) is 4.79 Å². The van der Waals surface area contributed by atoms with Crippen LogP contribution in [-0.4, -0.2) is 45.1 Å². The van der Waals surface area contributed by atoms with Gasteiger partial charge in [-0.2, -0.15) is 5.10 Å². The lowest BCUT2D eigenvalue weighted by Crippen LogP contribution is -2.34. The molecule has 1 amide bonds. The number of benzene rings is 1. The number of nitrogens with zero attached hydrogens (tertiary/aromatic N) is 3. The van der Waals surface area contributed by atoms with Crippen molar-refractivity contribution in [1.29, 1.82) is 0 Å². The van der Waals surface area contributed by atoms with Gasteiger partial charge in [0.15, 0.2) is 11.3 Å². The summed E-state index contributed by atoms with van der Waals surface area (Å²) in [6, 6.07) is 11.1. The topological polar surface area (TPSA) is 89.3 Å². The van der Waals surface area contributed by atoms with Gasteiger partial charge in [0, 0.05) is 32.4 Å². The van der Waals surface area contributed by atoms with Crippen LogP contribution in [-0.2, 0) is 17.7 Å². The van der Waals surface area contributed by atoms with Gasteiger partial charge in [-0.05, 0) is 42.0 Å². The lowest BCUT2D eigenvalue weighted by molar-refractivity contribution is 0.0604. The maximum atomic E-state index is 13.1. The van der Waals surface area contributed by atoms with Gasteiger partial charge in [0.1, 0.15) is 0 Å². The summed E-state index contributed by atoms with van der Waals surface area (Å²) in [7, 11) is 0. The molecule has 1 aromatic carbocycles. The first-order chi connectivity index (χ1) is 14.2. The summed E-state index contributed by atoms with van der Waals surface area (Å²) in [4.78, 5) is 17.6. The Labute approximate surface area is 168 Å². The van der Waals surface area contributed by atoms with Crippen LogP contribution in [0.3, 0.4) is 0 Å². The Morgan fingerprint density at radius 2 is 2.03 bits per heavy atom. The van der Waals surface area contributed by atoms with E-state index in [-0.39, 0.29) is 5.91 Å². The Morgan fingerprint density at radius 1 is 1.21 bits per heavy atom. The molecule has 0 bridgehead atoms. The van der Waals surface area contributed by atoms with Crippen LogP contribution >= 0.6 is 0 Å². The highest BCUT2D eigenvalue weighted by Crippen LogP contribution is 2.32. The molecule has 2 atom stereocenters. The van der Waals surface area contributed by atoms with Gasteiger partial charge >= 0.3 is 0 Å². The Morgan fingerprint density at radius 3 is 2.90 bits per heavy atom. The van der Waals surface area contributed by atoms with Crippen LogP contribution in [0.25, 0.3) is 11.0 Å². The molecule has 2 N–H and O–H groups in total. The smallest absolute Gasteiger partial charge is 0.273 e. The molecule has 1 saturated heterocycles. The van der Waals surface area contributed by atoms with Crippen molar-refractivity contribution >= 4 is 16.9 Å². The van der Waals surface area contributed by atoms with Crippen LogP contribution in [0, 0.1) is 5.92 Å². The second-order valence-electron chi connectivity index (χ2n) is 7.88. The molecule has 3 heterocycles. The number of hydrogen-bond acceptors (Lipinski definition) is 5. The van der Waals surface area contributed by atoms with E-state index in [2.05, 4.69) is 15.4 Å². The number of nitrogens with one attached hydrogen (secondary N) is 1. The lowest BCUT2D eigenvalue weighted by Gasteiger charge is -2.21. The highest BCUT2D eigenvalue weighted by atomic mass is 16.5. The third-order valence-corrected chi connectivity index (χ3v) is 5.98. The molecule has 7 nitrogen and oxygen atoms in total. The standard InChI is InChI=1S/C22H24N4O3/c27-18-12-15-4-1-2-5-16(15)19(18)24-22(28)20-17-6-3-9-23-21(17)26(25-20)13-14-7-10-29-11-8-14/h1-6,9,14,18-19,27H,7-8,10-13H2,(H,24,28)/t18-,19?/m1/s1. The molecular formula is C22H24N4O3. The fraction of sp³-hybridized carbons (Fsp3) is 0.409. The third kappa shape index (κ3) is 3.41. The minimum atomic E-state index is -0.634. The summed E-state index contributed by atoms with van der Waals surface area (Å²) in [5.74, 6) is 0.183. The first kappa shape index (κ1) is 18.3. The quantitative estimate of drug-likeness (QED) is 0.711. The Balaban J connectivity index is 1.43. The van der Waals surface area contributed by atoms with Crippen molar-refractivity contribution in [2.45, 2.75) is 38.0 Å². The molecule has 1 fully saturated rings. The molecule has 1 aliphatic carbocycles. The number of ether oxygens (including phenoxy) is 1. The minimum absolute atomic E-state index is 0.283. The molecule has 1 unspecified atom stereocenters. The molecular weight excluding hydrogens is 368 g/mol. The fourth-order valence-corrected chi connectivity index (χ4v) is 4.44. The molecule has 3 aromatic rings.